The largest absolute Gasteiger partial charge is 0.478 e. The van der Waals surface area contributed by atoms with E-state index >= 15 is 0 Å². The molecular weight excluding hydrogens is 359 g/mol. The average Bonchev–Trinajstić information content (AvgIpc) is 3.06. The molecule has 2 atom stereocenters. The summed E-state index contributed by atoms with van der Waals surface area (Å²) in [5.41, 5.74) is -0.770. The van der Waals surface area contributed by atoms with Crippen molar-refractivity contribution in [2.24, 2.45) is 0 Å². The number of nitrogens with zero attached hydrogens (tertiary/aromatic N) is 4. The van der Waals surface area contributed by atoms with Crippen molar-refractivity contribution >= 4 is 12.1 Å². The maximum absolute atomic E-state index is 12.5. The highest BCUT2D eigenvalue weighted by atomic mass is 19.4. The highest BCUT2D eigenvalue weighted by Crippen LogP contribution is 2.27. The van der Waals surface area contributed by atoms with Gasteiger partial charge in [0, 0.05) is 6.20 Å². The standard InChI is InChI=1S/C14H14F3N5O4/c1-8(9-2-3-11(19-4-9)14(15,16)17)21-13(25)26-10(12(23)24)5-22-7-18-6-20-22/h2-4,6-8,10H,5H2,1H3,(H,21,25)(H,23,24)/t8-,10?/m0/s1. The van der Waals surface area contributed by atoms with Crippen LogP contribution in [0.5, 0.6) is 0 Å². The summed E-state index contributed by atoms with van der Waals surface area (Å²) in [5, 5.41) is 15.1. The second-order valence-electron chi connectivity index (χ2n) is 5.19. The van der Waals surface area contributed by atoms with Crippen molar-refractivity contribution in [2.75, 3.05) is 0 Å². The lowest BCUT2D eigenvalue weighted by Gasteiger charge is -2.18. The van der Waals surface area contributed by atoms with E-state index in [1.807, 2.05) is 0 Å². The summed E-state index contributed by atoms with van der Waals surface area (Å²) in [6.45, 7) is 1.23. The van der Waals surface area contributed by atoms with Gasteiger partial charge in [0.2, 0.25) is 6.10 Å². The number of pyridine rings is 1. The van der Waals surface area contributed by atoms with Crippen LogP contribution in [0.2, 0.25) is 0 Å². The number of carbonyl (C=O) groups excluding carboxylic acids is 1. The molecule has 0 aliphatic heterocycles. The van der Waals surface area contributed by atoms with E-state index in [0.717, 1.165) is 18.3 Å². The van der Waals surface area contributed by atoms with Crippen LogP contribution in [0.15, 0.2) is 31.0 Å². The molecule has 2 rings (SSSR count). The first-order valence-corrected chi connectivity index (χ1v) is 7.22. The molecule has 9 nitrogen and oxygen atoms in total. The third-order valence-electron chi connectivity index (χ3n) is 3.26. The second kappa shape index (κ2) is 7.80. The van der Waals surface area contributed by atoms with Gasteiger partial charge in [0.05, 0.1) is 12.6 Å². The molecule has 1 amide bonds. The first-order valence-electron chi connectivity index (χ1n) is 7.22. The summed E-state index contributed by atoms with van der Waals surface area (Å²) >= 11 is 0. The third kappa shape index (κ3) is 5.16. The number of halogens is 3. The first-order chi connectivity index (χ1) is 12.2. The molecule has 2 N–H and O–H groups in total. The van der Waals surface area contributed by atoms with E-state index in [2.05, 4.69) is 20.4 Å². The molecule has 0 aliphatic carbocycles. The Labute approximate surface area is 144 Å². The molecule has 140 valence electrons. The number of hydrogen-bond donors (Lipinski definition) is 2. The number of rotatable bonds is 6. The number of ether oxygens (including phenoxy) is 1. The maximum atomic E-state index is 12.5. The molecule has 1 unspecified atom stereocenters. The Morgan fingerprint density at radius 1 is 1.38 bits per heavy atom. The highest BCUT2D eigenvalue weighted by molar-refractivity contribution is 5.77. The number of nitrogens with one attached hydrogen (secondary N) is 1. The molecule has 0 aliphatic rings. The number of carbonyl (C=O) groups is 2. The minimum absolute atomic E-state index is 0.251. The lowest BCUT2D eigenvalue weighted by Crippen LogP contribution is -2.37. The van der Waals surface area contributed by atoms with E-state index < -0.39 is 36.1 Å². The summed E-state index contributed by atoms with van der Waals surface area (Å²) in [6.07, 6.45) is -3.71. The predicted octanol–water partition coefficient (Wildman–Crippen LogP) is 1.63. The fraction of sp³-hybridized carbons (Fsp3) is 0.357. The molecule has 0 aromatic carbocycles. The Morgan fingerprint density at radius 2 is 2.12 bits per heavy atom. The van der Waals surface area contributed by atoms with Gasteiger partial charge in [-0.2, -0.15) is 18.3 Å². The Bertz CT molecular complexity index is 749. The van der Waals surface area contributed by atoms with Gasteiger partial charge >= 0.3 is 18.2 Å². The Kier molecular flexibility index (Phi) is 5.75. The van der Waals surface area contributed by atoms with Gasteiger partial charge in [-0.1, -0.05) is 6.07 Å². The first kappa shape index (κ1) is 19.1. The van der Waals surface area contributed by atoms with Crippen molar-refractivity contribution < 1.29 is 32.6 Å². The molecule has 0 saturated carbocycles. The van der Waals surface area contributed by atoms with Crippen molar-refractivity contribution in [1.29, 1.82) is 0 Å². The molecule has 0 fully saturated rings. The Hall–Kier alpha value is -3.18. The van der Waals surface area contributed by atoms with Gasteiger partial charge in [-0.3, -0.25) is 4.98 Å². The van der Waals surface area contributed by atoms with Crippen LogP contribution in [0.1, 0.15) is 24.2 Å². The van der Waals surface area contributed by atoms with Gasteiger partial charge in [0.1, 0.15) is 18.3 Å². The van der Waals surface area contributed by atoms with E-state index in [1.165, 1.54) is 24.3 Å². The number of aromatic nitrogens is 4. The predicted molar refractivity (Wildman–Crippen MR) is 78.7 cm³/mol. The van der Waals surface area contributed by atoms with E-state index in [1.54, 1.807) is 0 Å². The Balaban J connectivity index is 1.95. The fourth-order valence-electron chi connectivity index (χ4n) is 1.92. The minimum Gasteiger partial charge on any atom is -0.478 e. The van der Waals surface area contributed by atoms with Crippen LogP contribution < -0.4 is 5.32 Å². The lowest BCUT2D eigenvalue weighted by atomic mass is 10.1. The third-order valence-corrected chi connectivity index (χ3v) is 3.26. The molecule has 2 heterocycles. The number of alkyl carbamates (subject to hydrolysis) is 1. The Morgan fingerprint density at radius 3 is 2.62 bits per heavy atom. The second-order valence-corrected chi connectivity index (χ2v) is 5.19. The van der Waals surface area contributed by atoms with Crippen molar-refractivity contribution in [2.45, 2.75) is 31.8 Å². The number of aliphatic carboxylic acids is 1. The SMILES string of the molecule is C[C@H](NC(=O)OC(Cn1cncn1)C(=O)O)c1ccc(C(F)(F)F)nc1. The monoisotopic (exact) mass is 373 g/mol. The van der Waals surface area contributed by atoms with Gasteiger partial charge in [-0.05, 0) is 18.6 Å². The van der Waals surface area contributed by atoms with Crippen LogP contribution in [0.3, 0.4) is 0 Å². The van der Waals surface area contributed by atoms with Crippen LogP contribution in [0.4, 0.5) is 18.0 Å². The van der Waals surface area contributed by atoms with Crippen molar-refractivity contribution in [3.63, 3.8) is 0 Å². The number of carboxylic acid groups (broad SMARTS) is 1. The summed E-state index contributed by atoms with van der Waals surface area (Å²) in [6, 6.07) is 1.19. The molecule has 0 saturated heterocycles. The molecule has 2 aromatic rings. The van der Waals surface area contributed by atoms with E-state index in [9.17, 15) is 22.8 Å². The van der Waals surface area contributed by atoms with Gasteiger partial charge in [-0.25, -0.2) is 19.3 Å². The van der Waals surface area contributed by atoms with E-state index in [0.29, 0.717) is 0 Å². The zero-order valence-corrected chi connectivity index (χ0v) is 13.3. The summed E-state index contributed by atoms with van der Waals surface area (Å²) in [5.74, 6) is -1.39. The molecule has 0 spiro atoms. The number of hydrogen-bond acceptors (Lipinski definition) is 6. The van der Waals surface area contributed by atoms with Crippen molar-refractivity contribution in [3.8, 4) is 0 Å². The number of alkyl halides is 3. The molecule has 0 bridgehead atoms. The quantitative estimate of drug-likeness (QED) is 0.790. The maximum Gasteiger partial charge on any atom is 0.433 e. The number of amides is 1. The van der Waals surface area contributed by atoms with E-state index in [-0.39, 0.29) is 12.1 Å². The zero-order chi connectivity index (χ0) is 19.3. The van der Waals surface area contributed by atoms with Crippen LogP contribution in [-0.4, -0.2) is 43.0 Å². The van der Waals surface area contributed by atoms with Gasteiger partial charge in [0.15, 0.2) is 0 Å². The number of carboxylic acids is 1. The van der Waals surface area contributed by atoms with Crippen molar-refractivity contribution in [3.05, 3.63) is 42.2 Å². The van der Waals surface area contributed by atoms with Crippen molar-refractivity contribution in [1.82, 2.24) is 25.1 Å². The molecular formula is C14H14F3N5O4. The fourth-order valence-corrected chi connectivity index (χ4v) is 1.92. The summed E-state index contributed by atoms with van der Waals surface area (Å²) in [7, 11) is 0. The van der Waals surface area contributed by atoms with Crippen LogP contribution in [-0.2, 0) is 22.3 Å². The lowest BCUT2D eigenvalue weighted by molar-refractivity contribution is -0.147. The van der Waals surface area contributed by atoms with Gasteiger partial charge in [0.25, 0.3) is 0 Å². The van der Waals surface area contributed by atoms with Crippen LogP contribution in [0, 0.1) is 0 Å². The zero-order valence-electron chi connectivity index (χ0n) is 13.3. The van der Waals surface area contributed by atoms with Crippen LogP contribution >= 0.6 is 0 Å². The van der Waals surface area contributed by atoms with Crippen LogP contribution in [0.25, 0.3) is 0 Å². The normalized spacial score (nSPS) is 13.7. The molecule has 2 aromatic heterocycles. The summed E-state index contributed by atoms with van der Waals surface area (Å²) in [4.78, 5) is 29.9. The average molecular weight is 373 g/mol. The topological polar surface area (TPSA) is 119 Å². The molecule has 0 radical (unpaired) electrons. The summed E-state index contributed by atoms with van der Waals surface area (Å²) < 4.78 is 43.5. The molecule has 26 heavy (non-hydrogen) atoms. The smallest absolute Gasteiger partial charge is 0.433 e. The van der Waals surface area contributed by atoms with Gasteiger partial charge < -0.3 is 15.2 Å². The van der Waals surface area contributed by atoms with Gasteiger partial charge in [-0.15, -0.1) is 0 Å². The molecule has 12 heteroatoms. The highest BCUT2D eigenvalue weighted by Gasteiger charge is 2.32. The minimum atomic E-state index is -4.57. The van der Waals surface area contributed by atoms with E-state index in [4.69, 9.17) is 9.84 Å².